The van der Waals surface area contributed by atoms with E-state index in [1.54, 1.807) is 6.08 Å². The highest BCUT2D eigenvalue weighted by Crippen LogP contribution is 2.21. The largest absolute Gasteiger partial charge is 0.370 e. The lowest BCUT2D eigenvalue weighted by Gasteiger charge is -2.06. The molecule has 0 saturated heterocycles. The average molecular weight is 349 g/mol. The number of aryl methyl sites for hydroxylation is 1. The second-order valence-electron chi connectivity index (χ2n) is 6.21. The maximum absolute atomic E-state index is 11.0. The standard InChI is InChI=1S/C21H23N3O2/c1-15-18(19-4-2-3-5-20(19)24-15)12-13-23-14-17-8-6-16(7-9-17)10-11-21(25)26-22/h2-11,23-24H,12-14,22H2,1H3/b11-10+. The molecule has 1 heterocycles. The Bertz CT molecular complexity index is 911. The van der Waals surface area contributed by atoms with Gasteiger partial charge in [0.15, 0.2) is 0 Å². The third-order valence-corrected chi connectivity index (χ3v) is 4.42. The van der Waals surface area contributed by atoms with Crippen LogP contribution in [0.5, 0.6) is 0 Å². The van der Waals surface area contributed by atoms with Crippen molar-refractivity contribution in [3.05, 3.63) is 77.0 Å². The van der Waals surface area contributed by atoms with Crippen molar-refractivity contribution in [1.82, 2.24) is 10.3 Å². The monoisotopic (exact) mass is 349 g/mol. The van der Waals surface area contributed by atoms with Crippen molar-refractivity contribution in [2.45, 2.75) is 19.9 Å². The number of para-hydroxylation sites is 1. The number of carbonyl (C=O) groups excluding carboxylic acids is 1. The van der Waals surface area contributed by atoms with E-state index in [4.69, 9.17) is 5.90 Å². The van der Waals surface area contributed by atoms with E-state index < -0.39 is 5.97 Å². The summed E-state index contributed by atoms with van der Waals surface area (Å²) in [5.74, 6) is 4.23. The normalized spacial score (nSPS) is 11.3. The van der Waals surface area contributed by atoms with Crippen LogP contribution < -0.4 is 11.2 Å². The number of aromatic amines is 1. The zero-order valence-corrected chi connectivity index (χ0v) is 14.8. The maximum atomic E-state index is 11.0. The molecule has 0 aliphatic carbocycles. The molecule has 0 aliphatic heterocycles. The molecule has 0 radical (unpaired) electrons. The maximum Gasteiger partial charge on any atom is 0.349 e. The smallest absolute Gasteiger partial charge is 0.349 e. The molecule has 0 saturated carbocycles. The van der Waals surface area contributed by atoms with Gasteiger partial charge in [0.2, 0.25) is 0 Å². The predicted octanol–water partition coefficient (Wildman–Crippen LogP) is 3.24. The summed E-state index contributed by atoms with van der Waals surface area (Å²) in [6, 6.07) is 16.4. The van der Waals surface area contributed by atoms with Crippen LogP contribution in [0.3, 0.4) is 0 Å². The molecular weight excluding hydrogens is 326 g/mol. The van der Waals surface area contributed by atoms with Crippen molar-refractivity contribution in [1.29, 1.82) is 0 Å². The molecule has 134 valence electrons. The lowest BCUT2D eigenvalue weighted by molar-refractivity contribution is -0.138. The highest BCUT2D eigenvalue weighted by Gasteiger charge is 2.07. The number of hydrogen-bond donors (Lipinski definition) is 3. The number of nitrogens with two attached hydrogens (primary N) is 1. The van der Waals surface area contributed by atoms with Crippen molar-refractivity contribution in [2.75, 3.05) is 6.54 Å². The molecular formula is C21H23N3O2. The molecule has 4 N–H and O–H groups in total. The van der Waals surface area contributed by atoms with Gasteiger partial charge in [-0.15, -0.1) is 0 Å². The Morgan fingerprint density at radius 2 is 1.96 bits per heavy atom. The van der Waals surface area contributed by atoms with E-state index in [1.165, 1.54) is 33.8 Å². The van der Waals surface area contributed by atoms with E-state index in [2.05, 4.69) is 46.3 Å². The first kappa shape index (κ1) is 17.9. The molecule has 3 rings (SSSR count). The van der Waals surface area contributed by atoms with Gasteiger partial charge in [-0.2, -0.15) is 5.90 Å². The Kier molecular flexibility index (Phi) is 5.84. The molecule has 0 fully saturated rings. The van der Waals surface area contributed by atoms with Crippen molar-refractivity contribution in [2.24, 2.45) is 5.90 Å². The van der Waals surface area contributed by atoms with Crippen molar-refractivity contribution in [3.63, 3.8) is 0 Å². The first-order chi connectivity index (χ1) is 12.7. The van der Waals surface area contributed by atoms with Crippen LogP contribution in [0, 0.1) is 6.92 Å². The van der Waals surface area contributed by atoms with Gasteiger partial charge in [-0.3, -0.25) is 0 Å². The lowest BCUT2D eigenvalue weighted by Crippen LogP contribution is -2.16. The summed E-state index contributed by atoms with van der Waals surface area (Å²) >= 11 is 0. The third-order valence-electron chi connectivity index (χ3n) is 4.42. The van der Waals surface area contributed by atoms with Crippen LogP contribution in [-0.4, -0.2) is 17.5 Å². The van der Waals surface area contributed by atoms with Crippen molar-refractivity contribution >= 4 is 22.9 Å². The molecule has 3 aromatic rings. The summed E-state index contributed by atoms with van der Waals surface area (Å²) in [5.41, 5.74) is 5.93. The topological polar surface area (TPSA) is 80.1 Å². The Morgan fingerprint density at radius 3 is 2.73 bits per heavy atom. The lowest BCUT2D eigenvalue weighted by atomic mass is 10.1. The minimum Gasteiger partial charge on any atom is -0.370 e. The zero-order valence-electron chi connectivity index (χ0n) is 14.8. The summed E-state index contributed by atoms with van der Waals surface area (Å²) in [4.78, 5) is 18.5. The minimum atomic E-state index is -0.566. The molecule has 0 aliphatic rings. The second-order valence-corrected chi connectivity index (χ2v) is 6.21. The van der Waals surface area contributed by atoms with E-state index in [-0.39, 0.29) is 0 Å². The van der Waals surface area contributed by atoms with Crippen LogP contribution >= 0.6 is 0 Å². The van der Waals surface area contributed by atoms with Crippen LogP contribution in [0.2, 0.25) is 0 Å². The molecule has 5 nitrogen and oxygen atoms in total. The number of benzene rings is 2. The first-order valence-electron chi connectivity index (χ1n) is 8.62. The van der Waals surface area contributed by atoms with Crippen molar-refractivity contribution < 1.29 is 9.63 Å². The van der Waals surface area contributed by atoms with Gasteiger partial charge >= 0.3 is 5.97 Å². The highest BCUT2D eigenvalue weighted by atomic mass is 16.7. The number of H-pyrrole nitrogens is 1. The minimum absolute atomic E-state index is 0.566. The number of rotatable bonds is 7. The van der Waals surface area contributed by atoms with Gasteiger partial charge < -0.3 is 15.1 Å². The highest BCUT2D eigenvalue weighted by molar-refractivity contribution is 5.86. The summed E-state index contributed by atoms with van der Waals surface area (Å²) in [7, 11) is 0. The van der Waals surface area contributed by atoms with Gasteiger partial charge in [0.25, 0.3) is 0 Å². The van der Waals surface area contributed by atoms with E-state index >= 15 is 0 Å². The fraction of sp³-hybridized carbons (Fsp3) is 0.190. The Balaban J connectivity index is 1.51. The SMILES string of the molecule is Cc1[nH]c2ccccc2c1CCNCc1ccc(/C=C/C(=O)ON)cc1. The number of aromatic nitrogens is 1. The van der Waals surface area contributed by atoms with Gasteiger partial charge in [0.1, 0.15) is 0 Å². The van der Waals surface area contributed by atoms with Crippen LogP contribution in [0.15, 0.2) is 54.6 Å². The zero-order chi connectivity index (χ0) is 18.4. The van der Waals surface area contributed by atoms with E-state index in [1.807, 2.05) is 24.3 Å². The van der Waals surface area contributed by atoms with Gasteiger partial charge in [0, 0.05) is 29.2 Å². The van der Waals surface area contributed by atoms with Gasteiger partial charge in [-0.25, -0.2) is 4.79 Å². The fourth-order valence-electron chi connectivity index (χ4n) is 3.05. The molecule has 26 heavy (non-hydrogen) atoms. The Labute approximate surface area is 152 Å². The first-order valence-corrected chi connectivity index (χ1v) is 8.62. The van der Waals surface area contributed by atoms with Crippen LogP contribution in [0.4, 0.5) is 0 Å². The van der Waals surface area contributed by atoms with Crippen molar-refractivity contribution in [3.8, 4) is 0 Å². The van der Waals surface area contributed by atoms with Gasteiger partial charge in [-0.1, -0.05) is 42.5 Å². The number of hydrogen-bond acceptors (Lipinski definition) is 4. The summed E-state index contributed by atoms with van der Waals surface area (Å²) in [6.07, 6.45) is 3.96. The summed E-state index contributed by atoms with van der Waals surface area (Å²) in [5, 5.41) is 4.79. The molecule has 0 unspecified atom stereocenters. The third kappa shape index (κ3) is 4.39. The van der Waals surface area contributed by atoms with E-state index in [0.29, 0.717) is 0 Å². The molecule has 0 atom stereocenters. The number of carbonyl (C=O) groups is 1. The second kappa shape index (κ2) is 8.47. The molecule has 2 aromatic carbocycles. The predicted molar refractivity (Wildman–Crippen MR) is 104 cm³/mol. The van der Waals surface area contributed by atoms with Gasteiger partial charge in [-0.05, 0) is 48.7 Å². The van der Waals surface area contributed by atoms with Gasteiger partial charge in [0.05, 0.1) is 0 Å². The Morgan fingerprint density at radius 1 is 1.19 bits per heavy atom. The Hall–Kier alpha value is -2.89. The van der Waals surface area contributed by atoms with Crippen LogP contribution in [-0.2, 0) is 22.6 Å². The molecule has 1 aromatic heterocycles. The number of nitrogens with one attached hydrogen (secondary N) is 2. The number of fused-ring (bicyclic) bond motifs is 1. The summed E-state index contributed by atoms with van der Waals surface area (Å²) < 4.78 is 0. The van der Waals surface area contributed by atoms with E-state index in [9.17, 15) is 4.79 Å². The molecule has 0 bridgehead atoms. The van der Waals surface area contributed by atoms with Crippen LogP contribution in [0.1, 0.15) is 22.4 Å². The average Bonchev–Trinajstić information content (AvgIpc) is 2.99. The quantitative estimate of drug-likeness (QED) is 0.347. The summed E-state index contributed by atoms with van der Waals surface area (Å²) in [6.45, 7) is 3.84. The molecule has 0 amide bonds. The molecule has 5 heteroatoms. The van der Waals surface area contributed by atoms with Crippen LogP contribution in [0.25, 0.3) is 17.0 Å². The van der Waals surface area contributed by atoms with E-state index in [0.717, 1.165) is 25.1 Å². The molecule has 0 spiro atoms. The fourth-order valence-corrected chi connectivity index (χ4v) is 3.05.